The molecule has 1 aromatic heterocycles. The van der Waals surface area contributed by atoms with Crippen LogP contribution in [0.4, 0.5) is 0 Å². The maximum atomic E-state index is 5.93. The van der Waals surface area contributed by atoms with Crippen LogP contribution in [0.3, 0.4) is 0 Å². The lowest BCUT2D eigenvalue weighted by molar-refractivity contribution is -0.0469. The van der Waals surface area contributed by atoms with Crippen molar-refractivity contribution in [3.8, 4) is 0 Å². The summed E-state index contributed by atoms with van der Waals surface area (Å²) in [6.07, 6.45) is 2.50. The molecule has 2 aromatic rings. The minimum absolute atomic E-state index is 0.114. The predicted molar refractivity (Wildman–Crippen MR) is 81.4 cm³/mol. The third kappa shape index (κ3) is 2.78. The van der Waals surface area contributed by atoms with Crippen molar-refractivity contribution in [3.05, 3.63) is 47.6 Å². The number of ether oxygens (including phenoxy) is 1. The van der Waals surface area contributed by atoms with E-state index in [2.05, 4.69) is 46.2 Å². The molecule has 1 saturated heterocycles. The molecule has 2 aliphatic rings. The summed E-state index contributed by atoms with van der Waals surface area (Å²) in [7, 11) is 0. The lowest BCUT2D eigenvalue weighted by Crippen LogP contribution is -2.40. The summed E-state index contributed by atoms with van der Waals surface area (Å²) in [6, 6.07) is 10.5. The molecule has 1 aliphatic carbocycles. The summed E-state index contributed by atoms with van der Waals surface area (Å²) in [6.45, 7) is 4.61. The Hall–Kier alpha value is -1.72. The maximum absolute atomic E-state index is 5.93. The summed E-state index contributed by atoms with van der Waals surface area (Å²) in [4.78, 5) is 6.95. The van der Waals surface area contributed by atoms with E-state index in [1.165, 1.54) is 18.4 Å². The highest BCUT2D eigenvalue weighted by Crippen LogP contribution is 2.39. The molecule has 5 heteroatoms. The highest BCUT2D eigenvalue weighted by Gasteiger charge is 2.32. The minimum Gasteiger partial charge on any atom is -0.371 e. The topological polar surface area (TPSA) is 51.4 Å². The van der Waals surface area contributed by atoms with Gasteiger partial charge in [-0.05, 0) is 25.3 Å². The van der Waals surface area contributed by atoms with Crippen LogP contribution < -0.4 is 0 Å². The maximum Gasteiger partial charge on any atom is 0.243 e. The molecule has 2 fully saturated rings. The molecule has 5 nitrogen and oxygen atoms in total. The Labute approximate surface area is 130 Å². The molecular weight excluding hydrogens is 278 g/mol. The van der Waals surface area contributed by atoms with Crippen LogP contribution >= 0.6 is 0 Å². The van der Waals surface area contributed by atoms with E-state index in [1.807, 2.05) is 6.07 Å². The van der Waals surface area contributed by atoms with Gasteiger partial charge in [0.15, 0.2) is 5.82 Å². The second-order valence-electron chi connectivity index (χ2n) is 6.21. The molecule has 116 valence electrons. The lowest BCUT2D eigenvalue weighted by Gasteiger charge is -2.35. The molecule has 22 heavy (non-hydrogen) atoms. The molecule has 2 heterocycles. The molecule has 0 radical (unpaired) electrons. The molecular formula is C17H21N3O2. The Morgan fingerprint density at radius 2 is 2.05 bits per heavy atom. The molecule has 4 rings (SSSR count). The Morgan fingerprint density at radius 1 is 1.23 bits per heavy atom. The van der Waals surface area contributed by atoms with E-state index in [-0.39, 0.29) is 12.1 Å². The summed E-state index contributed by atoms with van der Waals surface area (Å²) in [5, 5.41) is 4.13. The smallest absolute Gasteiger partial charge is 0.243 e. The Morgan fingerprint density at radius 3 is 2.82 bits per heavy atom. The van der Waals surface area contributed by atoms with Gasteiger partial charge in [0.05, 0.1) is 18.8 Å². The molecule has 1 saturated carbocycles. The van der Waals surface area contributed by atoms with Crippen molar-refractivity contribution in [2.75, 3.05) is 19.7 Å². The fraction of sp³-hybridized carbons (Fsp3) is 0.529. The van der Waals surface area contributed by atoms with Crippen LogP contribution in [0.25, 0.3) is 0 Å². The van der Waals surface area contributed by atoms with Gasteiger partial charge < -0.3 is 9.26 Å². The third-order valence-corrected chi connectivity index (χ3v) is 4.57. The van der Waals surface area contributed by atoms with Gasteiger partial charge in [0, 0.05) is 19.0 Å². The fourth-order valence-electron chi connectivity index (χ4n) is 2.97. The van der Waals surface area contributed by atoms with E-state index in [0.717, 1.165) is 31.4 Å². The van der Waals surface area contributed by atoms with Gasteiger partial charge in [-0.15, -0.1) is 0 Å². The summed E-state index contributed by atoms with van der Waals surface area (Å²) >= 11 is 0. The molecule has 2 unspecified atom stereocenters. The average molecular weight is 299 g/mol. The Bertz CT molecular complexity index is 624. The predicted octanol–water partition coefficient (Wildman–Crippen LogP) is 3.08. The average Bonchev–Trinajstić information content (AvgIpc) is 3.32. The first-order valence-corrected chi connectivity index (χ1v) is 8.05. The van der Waals surface area contributed by atoms with Crippen molar-refractivity contribution in [2.24, 2.45) is 0 Å². The van der Waals surface area contributed by atoms with Gasteiger partial charge in [0.1, 0.15) is 0 Å². The molecule has 0 bridgehead atoms. The van der Waals surface area contributed by atoms with Crippen molar-refractivity contribution in [1.29, 1.82) is 0 Å². The molecule has 1 aliphatic heterocycles. The van der Waals surface area contributed by atoms with Gasteiger partial charge in [-0.25, -0.2) is 0 Å². The highest BCUT2D eigenvalue weighted by atomic mass is 16.5. The van der Waals surface area contributed by atoms with Crippen LogP contribution in [0, 0.1) is 0 Å². The van der Waals surface area contributed by atoms with Crippen LogP contribution in [0.15, 0.2) is 34.9 Å². The van der Waals surface area contributed by atoms with E-state index in [1.54, 1.807) is 0 Å². The van der Waals surface area contributed by atoms with Gasteiger partial charge in [-0.3, -0.25) is 4.90 Å². The molecule has 1 aromatic carbocycles. The first kappa shape index (κ1) is 13.9. The number of aromatic nitrogens is 2. The van der Waals surface area contributed by atoms with E-state index >= 15 is 0 Å². The molecule has 0 amide bonds. The third-order valence-electron chi connectivity index (χ3n) is 4.57. The molecule has 0 N–H and O–H groups in total. The van der Waals surface area contributed by atoms with Gasteiger partial charge in [-0.2, -0.15) is 4.98 Å². The number of benzene rings is 1. The van der Waals surface area contributed by atoms with E-state index in [4.69, 9.17) is 9.26 Å². The van der Waals surface area contributed by atoms with Gasteiger partial charge in [0.25, 0.3) is 0 Å². The standard InChI is InChI=1S/C17H21N3O2/c1-12(17-18-16(19-22-17)14-7-8-14)20-9-10-21-15(11-20)13-5-3-2-4-6-13/h2-6,12,14-15H,7-11H2,1H3. The largest absolute Gasteiger partial charge is 0.371 e. The van der Waals surface area contributed by atoms with Crippen LogP contribution in [0.1, 0.15) is 55.1 Å². The zero-order chi connectivity index (χ0) is 14.9. The van der Waals surface area contributed by atoms with Crippen molar-refractivity contribution in [3.63, 3.8) is 0 Å². The number of rotatable bonds is 4. The van der Waals surface area contributed by atoms with Gasteiger partial charge in [-0.1, -0.05) is 35.5 Å². The normalized spacial score (nSPS) is 24.3. The zero-order valence-corrected chi connectivity index (χ0v) is 12.8. The SMILES string of the molecule is CC(c1nc(C2CC2)no1)N1CCOC(c2ccccc2)C1. The minimum atomic E-state index is 0.114. The van der Waals surface area contributed by atoms with E-state index in [0.29, 0.717) is 5.92 Å². The number of morpholine rings is 1. The van der Waals surface area contributed by atoms with Crippen molar-refractivity contribution < 1.29 is 9.26 Å². The second-order valence-corrected chi connectivity index (χ2v) is 6.21. The van der Waals surface area contributed by atoms with Crippen LogP contribution in [-0.2, 0) is 4.74 Å². The monoisotopic (exact) mass is 299 g/mol. The highest BCUT2D eigenvalue weighted by molar-refractivity contribution is 5.18. The van der Waals surface area contributed by atoms with Crippen molar-refractivity contribution >= 4 is 0 Å². The van der Waals surface area contributed by atoms with E-state index in [9.17, 15) is 0 Å². The van der Waals surface area contributed by atoms with Crippen LogP contribution in [0.5, 0.6) is 0 Å². The van der Waals surface area contributed by atoms with Crippen molar-refractivity contribution in [2.45, 2.75) is 37.8 Å². The fourth-order valence-corrected chi connectivity index (χ4v) is 2.97. The Balaban J connectivity index is 1.46. The quantitative estimate of drug-likeness (QED) is 0.868. The van der Waals surface area contributed by atoms with Crippen LogP contribution in [-0.4, -0.2) is 34.7 Å². The number of hydrogen-bond acceptors (Lipinski definition) is 5. The van der Waals surface area contributed by atoms with Crippen LogP contribution in [0.2, 0.25) is 0 Å². The van der Waals surface area contributed by atoms with Gasteiger partial charge >= 0.3 is 0 Å². The van der Waals surface area contributed by atoms with E-state index < -0.39 is 0 Å². The van der Waals surface area contributed by atoms with Gasteiger partial charge in [0.2, 0.25) is 5.89 Å². The molecule has 2 atom stereocenters. The summed E-state index contributed by atoms with van der Waals surface area (Å²) in [5.41, 5.74) is 1.23. The lowest BCUT2D eigenvalue weighted by atomic mass is 10.1. The molecule has 0 spiro atoms. The van der Waals surface area contributed by atoms with Crippen molar-refractivity contribution in [1.82, 2.24) is 15.0 Å². The number of hydrogen-bond donors (Lipinski definition) is 0. The zero-order valence-electron chi connectivity index (χ0n) is 12.8. The second kappa shape index (κ2) is 5.82. The number of nitrogens with zero attached hydrogens (tertiary/aromatic N) is 3. The summed E-state index contributed by atoms with van der Waals surface area (Å²) < 4.78 is 11.4. The summed E-state index contributed by atoms with van der Waals surface area (Å²) in [5.74, 6) is 2.15. The first-order valence-electron chi connectivity index (χ1n) is 8.05. The Kier molecular flexibility index (Phi) is 3.68. The first-order chi connectivity index (χ1) is 10.8.